The van der Waals surface area contributed by atoms with E-state index in [1.165, 1.54) is 0 Å². The van der Waals surface area contributed by atoms with Crippen LogP contribution in [0.4, 0.5) is 0 Å². The Morgan fingerprint density at radius 3 is 3.07 bits per heavy atom. The zero-order valence-corrected chi connectivity index (χ0v) is 9.07. The second-order valence-corrected chi connectivity index (χ2v) is 3.87. The molecule has 0 aliphatic carbocycles. The molecular weight excluding hydrogens is 214 g/mol. The number of halogens is 1. The third-order valence-electron chi connectivity index (χ3n) is 2.30. The van der Waals surface area contributed by atoms with Crippen LogP contribution in [-0.2, 0) is 0 Å². The zero-order chi connectivity index (χ0) is 11.0. The minimum atomic E-state index is -0.530. The number of imidazole rings is 1. The highest BCUT2D eigenvalue weighted by atomic mass is 35.5. The van der Waals surface area contributed by atoms with Crippen LogP contribution in [0.5, 0.6) is 0 Å². The molecule has 0 fully saturated rings. The number of hydrogen-bond donors (Lipinski definition) is 2. The second kappa shape index (κ2) is 3.81. The molecule has 4 nitrogen and oxygen atoms in total. The van der Waals surface area contributed by atoms with Crippen LogP contribution in [0, 0.1) is 6.92 Å². The van der Waals surface area contributed by atoms with Crippen LogP contribution in [0.1, 0.15) is 17.3 Å². The number of nitrogens with two attached hydrogens (primary N) is 1. The first-order valence-corrected chi connectivity index (χ1v) is 5.02. The highest BCUT2D eigenvalue weighted by Crippen LogP contribution is 2.22. The Hall–Kier alpha value is -1.10. The maximum Gasteiger partial charge on any atom is 0.138 e. The smallest absolute Gasteiger partial charge is 0.138 e. The van der Waals surface area contributed by atoms with Crippen molar-refractivity contribution in [2.45, 2.75) is 13.0 Å². The average molecular weight is 226 g/mol. The fraction of sp³-hybridized carbons (Fsp3) is 0.300. The Morgan fingerprint density at radius 1 is 1.67 bits per heavy atom. The molecule has 0 aliphatic rings. The molecule has 0 aromatic carbocycles. The topological polar surface area (TPSA) is 63.5 Å². The van der Waals surface area contributed by atoms with Gasteiger partial charge in [0.1, 0.15) is 10.8 Å². The maximum absolute atomic E-state index is 8.96. The molecule has 2 heterocycles. The lowest BCUT2D eigenvalue weighted by Gasteiger charge is -2.03. The normalized spacial score (nSPS) is 13.3. The Bertz CT molecular complexity index is 495. The van der Waals surface area contributed by atoms with Crippen molar-refractivity contribution in [3.05, 3.63) is 34.7 Å². The van der Waals surface area contributed by atoms with Gasteiger partial charge in [0.25, 0.3) is 0 Å². The van der Waals surface area contributed by atoms with Crippen molar-refractivity contribution in [2.24, 2.45) is 5.73 Å². The number of pyridine rings is 1. The molecule has 2 aromatic heterocycles. The second-order valence-electron chi connectivity index (χ2n) is 3.51. The summed E-state index contributed by atoms with van der Waals surface area (Å²) >= 11 is 6.09. The minimum Gasteiger partial charge on any atom is -0.394 e. The number of aromatic nitrogens is 2. The minimum absolute atomic E-state index is 0.164. The van der Waals surface area contributed by atoms with Crippen LogP contribution < -0.4 is 5.73 Å². The van der Waals surface area contributed by atoms with Gasteiger partial charge in [-0.15, -0.1) is 0 Å². The summed E-state index contributed by atoms with van der Waals surface area (Å²) in [6, 6.07) is 3.33. The Kier molecular flexibility index (Phi) is 2.65. The summed E-state index contributed by atoms with van der Waals surface area (Å²) in [4.78, 5) is 4.29. The highest BCUT2D eigenvalue weighted by molar-refractivity contribution is 6.30. The van der Waals surface area contributed by atoms with E-state index >= 15 is 0 Å². The third kappa shape index (κ3) is 1.71. The van der Waals surface area contributed by atoms with E-state index in [2.05, 4.69) is 4.98 Å². The zero-order valence-electron chi connectivity index (χ0n) is 8.31. The lowest BCUT2D eigenvalue weighted by molar-refractivity contribution is 0.266. The number of rotatable bonds is 2. The molecule has 0 radical (unpaired) electrons. The monoisotopic (exact) mass is 225 g/mol. The maximum atomic E-state index is 8.96. The molecule has 80 valence electrons. The molecule has 0 spiro atoms. The summed E-state index contributed by atoms with van der Waals surface area (Å²) in [5, 5.41) is 9.42. The summed E-state index contributed by atoms with van der Waals surface area (Å²) in [7, 11) is 0. The van der Waals surface area contributed by atoms with Crippen LogP contribution in [-0.4, -0.2) is 21.1 Å². The van der Waals surface area contributed by atoms with E-state index in [1.54, 1.807) is 4.40 Å². The number of aliphatic hydroxyl groups is 1. The molecule has 1 unspecified atom stereocenters. The quantitative estimate of drug-likeness (QED) is 0.810. The molecule has 2 rings (SSSR count). The summed E-state index contributed by atoms with van der Waals surface area (Å²) in [6.45, 7) is 1.82. The summed E-state index contributed by atoms with van der Waals surface area (Å²) < 4.78 is 1.75. The third-order valence-corrected chi connectivity index (χ3v) is 2.67. The fourth-order valence-corrected chi connectivity index (χ4v) is 1.78. The van der Waals surface area contributed by atoms with Crippen LogP contribution in [0.25, 0.3) is 5.65 Å². The molecule has 3 N–H and O–H groups in total. The highest BCUT2D eigenvalue weighted by Gasteiger charge is 2.15. The van der Waals surface area contributed by atoms with Gasteiger partial charge in [0, 0.05) is 6.20 Å². The van der Waals surface area contributed by atoms with Crippen LogP contribution in [0.15, 0.2) is 18.3 Å². The largest absolute Gasteiger partial charge is 0.394 e. The fourth-order valence-electron chi connectivity index (χ4n) is 1.46. The van der Waals surface area contributed by atoms with Gasteiger partial charge >= 0.3 is 0 Å². The van der Waals surface area contributed by atoms with Gasteiger partial charge in [-0.25, -0.2) is 4.98 Å². The molecule has 2 aromatic rings. The molecule has 0 aliphatic heterocycles. The molecular formula is C10H12ClN3O. The van der Waals surface area contributed by atoms with Gasteiger partial charge < -0.3 is 10.8 Å². The van der Waals surface area contributed by atoms with Gasteiger partial charge in [-0.2, -0.15) is 0 Å². The van der Waals surface area contributed by atoms with Crippen LogP contribution in [0.2, 0.25) is 5.15 Å². The Labute approximate surface area is 92.3 Å². The van der Waals surface area contributed by atoms with Crippen LogP contribution in [0.3, 0.4) is 0 Å². The van der Waals surface area contributed by atoms with Crippen molar-refractivity contribution < 1.29 is 5.11 Å². The molecule has 0 amide bonds. The first-order chi connectivity index (χ1) is 7.13. The SMILES string of the molecule is Cc1ccn2c(Cl)c(C(N)CO)nc2c1. The van der Waals surface area contributed by atoms with E-state index < -0.39 is 6.04 Å². The molecule has 5 heteroatoms. The standard InChI is InChI=1S/C10H12ClN3O/c1-6-2-3-14-8(4-6)13-9(10(14)11)7(12)5-15/h2-4,7,15H,5,12H2,1H3. The van der Waals surface area contributed by atoms with Gasteiger partial charge in [0.2, 0.25) is 0 Å². The van der Waals surface area contributed by atoms with E-state index in [0.717, 1.165) is 11.2 Å². The number of aryl methyl sites for hydroxylation is 1. The summed E-state index contributed by atoms with van der Waals surface area (Å²) in [5.41, 5.74) is 8.07. The predicted molar refractivity (Wildman–Crippen MR) is 59.0 cm³/mol. The van der Waals surface area contributed by atoms with E-state index in [4.69, 9.17) is 22.4 Å². The van der Waals surface area contributed by atoms with E-state index in [-0.39, 0.29) is 6.61 Å². The molecule has 0 saturated heterocycles. The van der Waals surface area contributed by atoms with E-state index in [1.807, 2.05) is 25.3 Å². The van der Waals surface area contributed by atoms with Crippen molar-refractivity contribution in [1.82, 2.24) is 9.38 Å². The number of aliphatic hydroxyl groups excluding tert-OH is 1. The van der Waals surface area contributed by atoms with Gasteiger partial charge in [0.15, 0.2) is 0 Å². The predicted octanol–water partition coefficient (Wildman–Crippen LogP) is 1.29. The van der Waals surface area contributed by atoms with E-state index in [9.17, 15) is 0 Å². The van der Waals surface area contributed by atoms with Gasteiger partial charge in [-0.05, 0) is 24.6 Å². The number of nitrogens with zero attached hydrogens (tertiary/aromatic N) is 2. The number of hydrogen-bond acceptors (Lipinski definition) is 3. The summed E-state index contributed by atoms with van der Waals surface area (Å²) in [6.07, 6.45) is 1.84. The lowest BCUT2D eigenvalue weighted by atomic mass is 10.2. The van der Waals surface area contributed by atoms with Crippen molar-refractivity contribution in [2.75, 3.05) is 6.61 Å². The van der Waals surface area contributed by atoms with Gasteiger partial charge in [-0.1, -0.05) is 11.6 Å². The summed E-state index contributed by atoms with van der Waals surface area (Å²) in [5.74, 6) is 0. The van der Waals surface area contributed by atoms with E-state index in [0.29, 0.717) is 10.8 Å². The van der Waals surface area contributed by atoms with Crippen molar-refractivity contribution >= 4 is 17.2 Å². The molecule has 15 heavy (non-hydrogen) atoms. The Balaban J connectivity index is 2.63. The lowest BCUT2D eigenvalue weighted by Crippen LogP contribution is -2.15. The molecule has 0 saturated carbocycles. The average Bonchev–Trinajstić information content (AvgIpc) is 2.54. The van der Waals surface area contributed by atoms with Gasteiger partial charge in [0.05, 0.1) is 18.3 Å². The Morgan fingerprint density at radius 2 is 2.40 bits per heavy atom. The first-order valence-electron chi connectivity index (χ1n) is 4.64. The van der Waals surface area contributed by atoms with Crippen LogP contribution >= 0.6 is 11.6 Å². The first kappa shape index (κ1) is 10.4. The molecule has 1 atom stereocenters. The van der Waals surface area contributed by atoms with Crippen molar-refractivity contribution in [3.63, 3.8) is 0 Å². The number of fused-ring (bicyclic) bond motifs is 1. The molecule has 0 bridgehead atoms. The van der Waals surface area contributed by atoms with Gasteiger partial charge in [-0.3, -0.25) is 4.40 Å². The van der Waals surface area contributed by atoms with Crippen molar-refractivity contribution in [3.8, 4) is 0 Å². The van der Waals surface area contributed by atoms with Crippen molar-refractivity contribution in [1.29, 1.82) is 0 Å².